The van der Waals surface area contributed by atoms with Gasteiger partial charge in [-0.2, -0.15) is 0 Å². The van der Waals surface area contributed by atoms with Crippen molar-refractivity contribution in [2.45, 2.75) is 25.3 Å². The highest BCUT2D eigenvalue weighted by molar-refractivity contribution is 6.30. The molecular formula is C14H16ClN3. The summed E-state index contributed by atoms with van der Waals surface area (Å²) in [5.74, 6) is 1.07. The fourth-order valence-electron chi connectivity index (χ4n) is 2.38. The van der Waals surface area contributed by atoms with E-state index < -0.39 is 0 Å². The minimum absolute atomic E-state index is 0.406. The van der Waals surface area contributed by atoms with Crippen LogP contribution in [-0.4, -0.2) is 16.5 Å². The van der Waals surface area contributed by atoms with Crippen molar-refractivity contribution in [3.8, 4) is 0 Å². The molecule has 1 aliphatic heterocycles. The molecule has 2 N–H and O–H groups in total. The van der Waals surface area contributed by atoms with E-state index in [0.29, 0.717) is 6.04 Å². The molecule has 94 valence electrons. The number of nitrogens with zero attached hydrogens (tertiary/aromatic N) is 1. The summed E-state index contributed by atoms with van der Waals surface area (Å²) in [5.41, 5.74) is 2.40. The van der Waals surface area contributed by atoms with Crippen LogP contribution in [0.15, 0.2) is 30.5 Å². The van der Waals surface area contributed by atoms with Crippen molar-refractivity contribution in [1.82, 2.24) is 15.3 Å². The van der Waals surface area contributed by atoms with Gasteiger partial charge in [-0.15, -0.1) is 0 Å². The van der Waals surface area contributed by atoms with Gasteiger partial charge >= 0.3 is 0 Å². The van der Waals surface area contributed by atoms with Crippen molar-refractivity contribution in [3.63, 3.8) is 0 Å². The first kappa shape index (κ1) is 11.8. The predicted octanol–water partition coefficient (Wildman–Crippen LogP) is 3.08. The molecule has 1 atom stereocenters. The number of halogens is 1. The monoisotopic (exact) mass is 261 g/mol. The average molecular weight is 262 g/mol. The minimum atomic E-state index is 0.406. The number of hydrogen-bond acceptors (Lipinski definition) is 2. The zero-order valence-electron chi connectivity index (χ0n) is 10.1. The third kappa shape index (κ3) is 2.57. The van der Waals surface area contributed by atoms with Gasteiger partial charge in [-0.25, -0.2) is 4.98 Å². The number of nitrogens with one attached hydrogen (secondary N) is 2. The van der Waals surface area contributed by atoms with Gasteiger partial charge < -0.3 is 10.3 Å². The lowest BCUT2D eigenvalue weighted by Crippen LogP contribution is -2.14. The van der Waals surface area contributed by atoms with Crippen LogP contribution < -0.4 is 5.32 Å². The molecule has 1 fully saturated rings. The van der Waals surface area contributed by atoms with Crippen LogP contribution in [0.2, 0.25) is 5.02 Å². The van der Waals surface area contributed by atoms with Gasteiger partial charge in [0, 0.05) is 23.3 Å². The molecule has 0 amide bonds. The van der Waals surface area contributed by atoms with Crippen LogP contribution in [0.4, 0.5) is 0 Å². The maximum Gasteiger partial charge on any atom is 0.123 e. The van der Waals surface area contributed by atoms with E-state index in [2.05, 4.69) is 27.4 Å². The molecule has 18 heavy (non-hydrogen) atoms. The number of H-pyrrole nitrogens is 1. The number of aromatic nitrogens is 2. The lowest BCUT2D eigenvalue weighted by atomic mass is 10.1. The molecule has 0 bridgehead atoms. The molecule has 3 rings (SSSR count). The van der Waals surface area contributed by atoms with Crippen molar-refractivity contribution in [3.05, 3.63) is 52.6 Å². The van der Waals surface area contributed by atoms with Crippen LogP contribution in [0.5, 0.6) is 0 Å². The average Bonchev–Trinajstić information content (AvgIpc) is 3.02. The van der Waals surface area contributed by atoms with Crippen molar-refractivity contribution in [2.24, 2.45) is 0 Å². The molecule has 0 radical (unpaired) electrons. The van der Waals surface area contributed by atoms with Gasteiger partial charge in [0.15, 0.2) is 0 Å². The summed E-state index contributed by atoms with van der Waals surface area (Å²) in [5, 5.41) is 4.22. The van der Waals surface area contributed by atoms with E-state index in [9.17, 15) is 0 Å². The zero-order valence-corrected chi connectivity index (χ0v) is 10.9. The highest BCUT2D eigenvalue weighted by Crippen LogP contribution is 2.21. The third-order valence-electron chi connectivity index (χ3n) is 3.35. The van der Waals surface area contributed by atoms with Gasteiger partial charge in [0.25, 0.3) is 0 Å². The second kappa shape index (κ2) is 5.12. The number of hydrogen-bond donors (Lipinski definition) is 2. The predicted molar refractivity (Wildman–Crippen MR) is 72.8 cm³/mol. The van der Waals surface area contributed by atoms with Crippen molar-refractivity contribution in [1.29, 1.82) is 0 Å². The van der Waals surface area contributed by atoms with Gasteiger partial charge in [-0.1, -0.05) is 23.7 Å². The summed E-state index contributed by atoms with van der Waals surface area (Å²) >= 11 is 5.88. The molecule has 1 aliphatic rings. The Hall–Kier alpha value is -1.32. The van der Waals surface area contributed by atoms with Crippen LogP contribution in [0.3, 0.4) is 0 Å². The molecule has 0 saturated carbocycles. The van der Waals surface area contributed by atoms with Gasteiger partial charge in [-0.3, -0.25) is 0 Å². The molecule has 4 heteroatoms. The second-order valence-corrected chi connectivity index (χ2v) is 5.18. The first-order valence-electron chi connectivity index (χ1n) is 6.33. The molecule has 1 saturated heterocycles. The van der Waals surface area contributed by atoms with Crippen LogP contribution in [-0.2, 0) is 6.42 Å². The maximum atomic E-state index is 5.88. The fraction of sp³-hybridized carbons (Fsp3) is 0.357. The van der Waals surface area contributed by atoms with Crippen LogP contribution in [0.1, 0.15) is 36.0 Å². The summed E-state index contributed by atoms with van der Waals surface area (Å²) in [6.45, 7) is 1.10. The minimum Gasteiger partial charge on any atom is -0.344 e. The highest BCUT2D eigenvalue weighted by Gasteiger charge is 2.18. The van der Waals surface area contributed by atoms with E-state index in [0.717, 1.165) is 29.5 Å². The number of rotatable bonds is 3. The Bertz CT molecular complexity index is 512. The van der Waals surface area contributed by atoms with Crippen LogP contribution >= 0.6 is 11.6 Å². The van der Waals surface area contributed by atoms with Crippen molar-refractivity contribution >= 4 is 11.6 Å². The van der Waals surface area contributed by atoms with E-state index in [1.807, 2.05) is 18.3 Å². The molecule has 0 spiro atoms. The van der Waals surface area contributed by atoms with Crippen molar-refractivity contribution < 1.29 is 0 Å². The first-order chi connectivity index (χ1) is 8.81. The molecule has 3 nitrogen and oxygen atoms in total. The molecule has 2 aromatic rings. The molecular weight excluding hydrogens is 246 g/mol. The molecule has 2 heterocycles. The summed E-state index contributed by atoms with van der Waals surface area (Å²) in [7, 11) is 0. The first-order valence-corrected chi connectivity index (χ1v) is 6.71. The standard InChI is InChI=1S/C14H16ClN3/c15-11-5-3-10(4-6-11)8-12-9-17-14(18-12)13-2-1-7-16-13/h3-6,9,13,16H,1-2,7-8H2,(H,17,18). The lowest BCUT2D eigenvalue weighted by Gasteiger charge is -2.05. The number of imidazole rings is 1. The molecule has 0 aliphatic carbocycles. The van der Waals surface area contributed by atoms with Gasteiger partial charge in [0.05, 0.1) is 6.04 Å². The topological polar surface area (TPSA) is 40.7 Å². The van der Waals surface area contributed by atoms with Crippen molar-refractivity contribution in [2.75, 3.05) is 6.54 Å². The Kier molecular flexibility index (Phi) is 3.35. The normalized spacial score (nSPS) is 19.3. The quantitative estimate of drug-likeness (QED) is 0.892. The van der Waals surface area contributed by atoms with Gasteiger partial charge in [0.1, 0.15) is 5.82 Å². The Morgan fingerprint density at radius 2 is 2.11 bits per heavy atom. The van der Waals surface area contributed by atoms with E-state index in [4.69, 9.17) is 11.6 Å². The molecule has 1 unspecified atom stereocenters. The zero-order chi connectivity index (χ0) is 12.4. The van der Waals surface area contributed by atoms with E-state index >= 15 is 0 Å². The van der Waals surface area contributed by atoms with Crippen LogP contribution in [0, 0.1) is 0 Å². The molecule has 1 aromatic heterocycles. The number of benzene rings is 1. The second-order valence-electron chi connectivity index (χ2n) is 4.75. The summed E-state index contributed by atoms with van der Waals surface area (Å²) in [6, 6.07) is 8.36. The van der Waals surface area contributed by atoms with E-state index in [1.54, 1.807) is 0 Å². The number of aromatic amines is 1. The lowest BCUT2D eigenvalue weighted by molar-refractivity contribution is 0.611. The SMILES string of the molecule is Clc1ccc(Cc2cnc(C3CCCN3)[nH]2)cc1. The van der Waals surface area contributed by atoms with E-state index in [1.165, 1.54) is 18.4 Å². The summed E-state index contributed by atoms with van der Waals surface area (Å²) < 4.78 is 0. The van der Waals surface area contributed by atoms with Gasteiger partial charge in [-0.05, 0) is 37.1 Å². The highest BCUT2D eigenvalue weighted by atomic mass is 35.5. The Labute approximate surface area is 112 Å². The van der Waals surface area contributed by atoms with E-state index in [-0.39, 0.29) is 0 Å². The third-order valence-corrected chi connectivity index (χ3v) is 3.60. The fourth-order valence-corrected chi connectivity index (χ4v) is 2.51. The largest absolute Gasteiger partial charge is 0.344 e. The Morgan fingerprint density at radius 3 is 2.83 bits per heavy atom. The summed E-state index contributed by atoms with van der Waals surface area (Å²) in [4.78, 5) is 7.88. The Balaban J connectivity index is 1.71. The molecule has 1 aromatic carbocycles. The maximum absolute atomic E-state index is 5.88. The Morgan fingerprint density at radius 1 is 1.28 bits per heavy atom. The van der Waals surface area contributed by atoms with Crippen LogP contribution in [0.25, 0.3) is 0 Å². The van der Waals surface area contributed by atoms with Gasteiger partial charge in [0.2, 0.25) is 0 Å². The smallest absolute Gasteiger partial charge is 0.123 e. The summed E-state index contributed by atoms with van der Waals surface area (Å²) in [6.07, 6.45) is 5.21.